The molecular weight excluding hydrogens is 246 g/mol. The number of hydrogen-bond donors (Lipinski definition) is 0. The maximum Gasteiger partial charge on any atom is 0.411 e. The molecule has 18 heavy (non-hydrogen) atoms. The first-order valence-electron chi connectivity index (χ1n) is 7.29. The summed E-state index contributed by atoms with van der Waals surface area (Å²) in [5.41, 5.74) is 0. The van der Waals surface area contributed by atoms with Gasteiger partial charge in [0.25, 0.3) is 0 Å². The van der Waals surface area contributed by atoms with Crippen molar-refractivity contribution in [3.63, 3.8) is 0 Å². The lowest BCUT2D eigenvalue weighted by Gasteiger charge is -2.29. The van der Waals surface area contributed by atoms with Crippen LogP contribution in [0.25, 0.3) is 0 Å². The van der Waals surface area contributed by atoms with Crippen LogP contribution >= 0.6 is 11.8 Å². The van der Waals surface area contributed by atoms with Gasteiger partial charge in [0.2, 0.25) is 0 Å². The van der Waals surface area contributed by atoms with E-state index in [1.807, 2.05) is 16.7 Å². The molecule has 1 saturated carbocycles. The number of nitrogens with zero attached hydrogens (tertiary/aromatic N) is 1. The number of carbonyl (C=O) groups is 1. The van der Waals surface area contributed by atoms with E-state index in [0.717, 1.165) is 5.75 Å². The van der Waals surface area contributed by atoms with Crippen molar-refractivity contribution in [3.05, 3.63) is 0 Å². The van der Waals surface area contributed by atoms with Gasteiger partial charge in [-0.25, -0.2) is 4.79 Å². The maximum atomic E-state index is 12.1. The molecule has 0 spiro atoms. The SMILES string of the molecule is CC(C)[C@H]1CS[C@@H]2[C@H](C3CCCCC3)OC(=O)N12. The quantitative estimate of drug-likeness (QED) is 0.768. The summed E-state index contributed by atoms with van der Waals surface area (Å²) in [5, 5.41) is 0.299. The Kier molecular flexibility index (Phi) is 3.48. The van der Waals surface area contributed by atoms with Crippen molar-refractivity contribution >= 4 is 17.9 Å². The molecule has 0 bridgehead atoms. The Balaban J connectivity index is 1.74. The molecule has 0 aromatic heterocycles. The molecule has 2 saturated heterocycles. The zero-order valence-corrected chi connectivity index (χ0v) is 12.1. The molecule has 0 unspecified atom stereocenters. The maximum absolute atomic E-state index is 12.1. The first-order chi connectivity index (χ1) is 8.68. The highest BCUT2D eigenvalue weighted by Gasteiger charge is 2.52. The van der Waals surface area contributed by atoms with Gasteiger partial charge in [0, 0.05) is 11.8 Å². The third-order valence-electron chi connectivity index (χ3n) is 4.68. The summed E-state index contributed by atoms with van der Waals surface area (Å²) in [7, 11) is 0. The molecule has 102 valence electrons. The Morgan fingerprint density at radius 3 is 2.67 bits per heavy atom. The van der Waals surface area contributed by atoms with Gasteiger partial charge in [-0.15, -0.1) is 11.8 Å². The first kappa shape index (κ1) is 12.6. The van der Waals surface area contributed by atoms with Gasteiger partial charge >= 0.3 is 6.09 Å². The van der Waals surface area contributed by atoms with Gasteiger partial charge in [0.1, 0.15) is 11.5 Å². The molecule has 1 amide bonds. The van der Waals surface area contributed by atoms with Crippen molar-refractivity contribution in [3.8, 4) is 0 Å². The van der Waals surface area contributed by atoms with Crippen LogP contribution in [0.2, 0.25) is 0 Å². The predicted octanol–water partition coefficient (Wildman–Crippen LogP) is 3.49. The van der Waals surface area contributed by atoms with E-state index in [1.54, 1.807) is 0 Å². The number of rotatable bonds is 2. The van der Waals surface area contributed by atoms with Crippen LogP contribution in [0.15, 0.2) is 0 Å². The second-order valence-electron chi connectivity index (χ2n) is 6.19. The zero-order valence-electron chi connectivity index (χ0n) is 11.3. The Morgan fingerprint density at radius 1 is 1.28 bits per heavy atom. The van der Waals surface area contributed by atoms with Crippen molar-refractivity contribution < 1.29 is 9.53 Å². The van der Waals surface area contributed by atoms with E-state index in [9.17, 15) is 4.79 Å². The van der Waals surface area contributed by atoms with Crippen molar-refractivity contribution in [2.45, 2.75) is 63.5 Å². The van der Waals surface area contributed by atoms with Crippen LogP contribution < -0.4 is 0 Å². The van der Waals surface area contributed by atoms with Crippen molar-refractivity contribution in [2.24, 2.45) is 11.8 Å². The summed E-state index contributed by atoms with van der Waals surface area (Å²) in [6.45, 7) is 4.41. The van der Waals surface area contributed by atoms with Gasteiger partial charge in [-0.2, -0.15) is 0 Å². The molecule has 3 atom stereocenters. The molecule has 3 nitrogen and oxygen atoms in total. The molecule has 2 aliphatic heterocycles. The number of carbonyl (C=O) groups excluding carboxylic acids is 1. The number of thioether (sulfide) groups is 1. The van der Waals surface area contributed by atoms with Crippen molar-refractivity contribution in [2.75, 3.05) is 5.75 Å². The minimum Gasteiger partial charge on any atom is -0.443 e. The molecule has 4 heteroatoms. The predicted molar refractivity (Wildman–Crippen MR) is 73.6 cm³/mol. The lowest BCUT2D eigenvalue weighted by molar-refractivity contribution is 0.0839. The lowest BCUT2D eigenvalue weighted by Crippen LogP contribution is -2.40. The topological polar surface area (TPSA) is 29.5 Å². The van der Waals surface area contributed by atoms with Gasteiger partial charge in [0.05, 0.1) is 0 Å². The number of amides is 1. The fourth-order valence-corrected chi connectivity index (χ4v) is 5.39. The van der Waals surface area contributed by atoms with Crippen LogP contribution in [0.3, 0.4) is 0 Å². The number of fused-ring (bicyclic) bond motifs is 1. The van der Waals surface area contributed by atoms with E-state index >= 15 is 0 Å². The van der Waals surface area contributed by atoms with Crippen LogP contribution in [-0.4, -0.2) is 34.3 Å². The van der Waals surface area contributed by atoms with Gasteiger partial charge in [0.15, 0.2) is 0 Å². The highest BCUT2D eigenvalue weighted by molar-refractivity contribution is 8.00. The first-order valence-corrected chi connectivity index (χ1v) is 8.34. The van der Waals surface area contributed by atoms with E-state index in [4.69, 9.17) is 4.74 Å². The largest absolute Gasteiger partial charge is 0.443 e. The Morgan fingerprint density at radius 2 is 2.00 bits per heavy atom. The highest BCUT2D eigenvalue weighted by atomic mass is 32.2. The van der Waals surface area contributed by atoms with Crippen LogP contribution in [0, 0.1) is 11.8 Å². The summed E-state index contributed by atoms with van der Waals surface area (Å²) in [6, 6.07) is 0.376. The van der Waals surface area contributed by atoms with E-state index in [-0.39, 0.29) is 12.2 Å². The van der Waals surface area contributed by atoms with Crippen LogP contribution in [0.1, 0.15) is 46.0 Å². The fourth-order valence-electron chi connectivity index (χ4n) is 3.58. The minimum absolute atomic E-state index is 0.0562. The molecule has 1 aliphatic carbocycles. The van der Waals surface area contributed by atoms with Crippen molar-refractivity contribution in [1.82, 2.24) is 4.90 Å². The normalized spacial score (nSPS) is 37.2. The van der Waals surface area contributed by atoms with Gasteiger partial charge in [-0.3, -0.25) is 4.90 Å². The van der Waals surface area contributed by atoms with Crippen molar-refractivity contribution in [1.29, 1.82) is 0 Å². The lowest BCUT2D eigenvalue weighted by atomic mass is 9.85. The van der Waals surface area contributed by atoms with Crippen LogP contribution in [-0.2, 0) is 4.74 Å². The monoisotopic (exact) mass is 269 g/mol. The fraction of sp³-hybridized carbons (Fsp3) is 0.929. The summed E-state index contributed by atoms with van der Waals surface area (Å²) < 4.78 is 5.71. The number of hydrogen-bond acceptors (Lipinski definition) is 3. The molecule has 2 heterocycles. The summed E-state index contributed by atoms with van der Waals surface area (Å²) in [4.78, 5) is 14.2. The smallest absolute Gasteiger partial charge is 0.411 e. The summed E-state index contributed by atoms with van der Waals surface area (Å²) >= 11 is 1.93. The minimum atomic E-state index is -0.0562. The molecular formula is C14H23NO2S. The number of cyclic esters (lactones) is 1. The second kappa shape index (κ2) is 4.95. The zero-order chi connectivity index (χ0) is 12.7. The second-order valence-corrected chi connectivity index (χ2v) is 7.34. The molecule has 0 aromatic rings. The Labute approximate surface area is 114 Å². The van der Waals surface area contributed by atoms with Crippen LogP contribution in [0.4, 0.5) is 4.79 Å². The highest BCUT2D eigenvalue weighted by Crippen LogP contribution is 2.45. The third-order valence-corrected chi connectivity index (χ3v) is 6.05. The molecule has 0 radical (unpaired) electrons. The van der Waals surface area contributed by atoms with E-state index in [1.165, 1.54) is 32.1 Å². The average molecular weight is 269 g/mol. The summed E-state index contributed by atoms with van der Waals surface area (Å²) in [5.74, 6) is 2.22. The third kappa shape index (κ3) is 2.02. The van der Waals surface area contributed by atoms with E-state index in [2.05, 4.69) is 13.8 Å². The molecule has 3 rings (SSSR count). The standard InChI is InChI=1S/C14H23NO2S/c1-9(2)11-8-18-13-12(17-14(16)15(11)13)10-6-4-3-5-7-10/h9-13H,3-8H2,1-2H3/t11-,12+,13-/m1/s1. The molecule has 0 N–H and O–H groups in total. The van der Waals surface area contributed by atoms with E-state index < -0.39 is 0 Å². The van der Waals surface area contributed by atoms with Gasteiger partial charge < -0.3 is 4.74 Å². The van der Waals surface area contributed by atoms with Crippen LogP contribution in [0.5, 0.6) is 0 Å². The van der Waals surface area contributed by atoms with Gasteiger partial charge in [-0.05, 0) is 24.7 Å². The molecule has 3 aliphatic rings. The van der Waals surface area contributed by atoms with Gasteiger partial charge in [-0.1, -0.05) is 33.1 Å². The summed E-state index contributed by atoms with van der Waals surface area (Å²) in [6.07, 6.45) is 6.57. The molecule has 0 aromatic carbocycles. The molecule has 3 fully saturated rings. The van der Waals surface area contributed by atoms with E-state index in [0.29, 0.717) is 23.3 Å². The Bertz CT molecular complexity index is 328. The number of ether oxygens (including phenoxy) is 1. The Hall–Kier alpha value is -0.380. The average Bonchev–Trinajstić information content (AvgIpc) is 2.92.